The van der Waals surface area contributed by atoms with E-state index in [2.05, 4.69) is 55.6 Å². The maximum Gasteiger partial charge on any atom is 0.0713 e. The Bertz CT molecular complexity index is 555. The lowest BCUT2D eigenvalue weighted by atomic mass is 10.1. The molecular formula is C16H23N3O. The number of hydrogen-bond donors (Lipinski definition) is 1. The molecule has 2 rings (SSSR count). The van der Waals surface area contributed by atoms with Gasteiger partial charge in [0.25, 0.3) is 0 Å². The molecule has 0 unspecified atom stereocenters. The van der Waals surface area contributed by atoms with Gasteiger partial charge in [0.15, 0.2) is 0 Å². The molecular weight excluding hydrogens is 250 g/mol. The molecule has 4 heteroatoms. The van der Waals surface area contributed by atoms with E-state index in [4.69, 9.17) is 4.74 Å². The predicted octanol–water partition coefficient (Wildman–Crippen LogP) is 3.40. The molecule has 0 aliphatic heterocycles. The van der Waals surface area contributed by atoms with Crippen LogP contribution in [0.4, 0.5) is 5.69 Å². The first-order valence-corrected chi connectivity index (χ1v) is 6.85. The Labute approximate surface area is 120 Å². The lowest BCUT2D eigenvalue weighted by Crippen LogP contribution is -2.21. The van der Waals surface area contributed by atoms with Gasteiger partial charge in [-0.25, -0.2) is 0 Å². The number of hydrogen-bond acceptors (Lipinski definition) is 3. The molecule has 2 aromatic rings. The molecule has 0 fully saturated rings. The Morgan fingerprint density at radius 3 is 2.70 bits per heavy atom. The van der Waals surface area contributed by atoms with Gasteiger partial charge in [0.1, 0.15) is 0 Å². The fourth-order valence-corrected chi connectivity index (χ4v) is 1.96. The fraction of sp³-hybridized carbons (Fsp3) is 0.438. The quantitative estimate of drug-likeness (QED) is 0.907. The van der Waals surface area contributed by atoms with Gasteiger partial charge in [0, 0.05) is 31.1 Å². The van der Waals surface area contributed by atoms with Crippen molar-refractivity contribution in [3.05, 3.63) is 47.8 Å². The summed E-state index contributed by atoms with van der Waals surface area (Å²) in [5.74, 6) is 0. The van der Waals surface area contributed by atoms with E-state index in [1.54, 1.807) is 7.11 Å². The maximum atomic E-state index is 5.15. The lowest BCUT2D eigenvalue weighted by molar-refractivity contribution is 0.185. The van der Waals surface area contributed by atoms with Crippen molar-refractivity contribution in [1.82, 2.24) is 9.78 Å². The number of methoxy groups -OCH3 is 1. The molecule has 0 saturated heterocycles. The number of benzene rings is 1. The number of rotatable bonds is 5. The van der Waals surface area contributed by atoms with E-state index in [-0.39, 0.29) is 5.54 Å². The van der Waals surface area contributed by atoms with Gasteiger partial charge in [-0.05, 0) is 38.5 Å². The third-order valence-electron chi connectivity index (χ3n) is 3.06. The fourth-order valence-electron chi connectivity index (χ4n) is 1.96. The van der Waals surface area contributed by atoms with Crippen molar-refractivity contribution in [1.29, 1.82) is 0 Å². The molecule has 0 radical (unpaired) electrons. The van der Waals surface area contributed by atoms with Crippen molar-refractivity contribution >= 4 is 5.69 Å². The first kappa shape index (κ1) is 14.6. The van der Waals surface area contributed by atoms with Crippen LogP contribution in [0.25, 0.3) is 0 Å². The van der Waals surface area contributed by atoms with Crippen molar-refractivity contribution in [3.8, 4) is 0 Å². The second-order valence-corrected chi connectivity index (χ2v) is 5.95. The summed E-state index contributed by atoms with van der Waals surface area (Å²) in [6.07, 6.45) is 4.00. The molecule has 0 saturated carbocycles. The minimum atomic E-state index is 0.0244. The Kier molecular flexibility index (Phi) is 4.45. The highest BCUT2D eigenvalue weighted by atomic mass is 16.5. The van der Waals surface area contributed by atoms with Gasteiger partial charge < -0.3 is 10.1 Å². The van der Waals surface area contributed by atoms with Gasteiger partial charge in [-0.3, -0.25) is 4.68 Å². The van der Waals surface area contributed by atoms with E-state index in [1.807, 2.05) is 16.9 Å². The normalized spacial score (nSPS) is 11.6. The highest BCUT2D eigenvalue weighted by Crippen LogP contribution is 2.15. The molecule has 1 heterocycles. The Hall–Kier alpha value is -1.81. The molecule has 20 heavy (non-hydrogen) atoms. The lowest BCUT2D eigenvalue weighted by Gasteiger charge is -2.18. The Morgan fingerprint density at radius 1 is 1.25 bits per heavy atom. The van der Waals surface area contributed by atoms with Gasteiger partial charge in [0.2, 0.25) is 0 Å². The number of nitrogens with one attached hydrogen (secondary N) is 1. The largest absolute Gasteiger partial charge is 0.381 e. The van der Waals surface area contributed by atoms with Crippen LogP contribution in [0.1, 0.15) is 31.9 Å². The number of nitrogens with zero attached hydrogens (tertiary/aromatic N) is 2. The van der Waals surface area contributed by atoms with Gasteiger partial charge in [0.05, 0.1) is 18.3 Å². The van der Waals surface area contributed by atoms with Crippen LogP contribution in [0.3, 0.4) is 0 Å². The summed E-state index contributed by atoms with van der Waals surface area (Å²) >= 11 is 0. The third kappa shape index (κ3) is 3.84. The second kappa shape index (κ2) is 6.09. The van der Waals surface area contributed by atoms with Gasteiger partial charge in [-0.1, -0.05) is 12.1 Å². The van der Waals surface area contributed by atoms with Crippen molar-refractivity contribution < 1.29 is 4.74 Å². The topological polar surface area (TPSA) is 39.1 Å². The third-order valence-corrected chi connectivity index (χ3v) is 3.06. The number of ether oxygens (including phenoxy) is 1. The minimum absolute atomic E-state index is 0.0244. The Morgan fingerprint density at radius 2 is 2.05 bits per heavy atom. The summed E-state index contributed by atoms with van der Waals surface area (Å²) in [7, 11) is 1.71. The molecule has 0 aliphatic rings. The van der Waals surface area contributed by atoms with Crippen LogP contribution in [0, 0.1) is 0 Å². The van der Waals surface area contributed by atoms with Crippen LogP contribution in [-0.2, 0) is 23.4 Å². The molecule has 1 aromatic carbocycles. The predicted molar refractivity (Wildman–Crippen MR) is 81.7 cm³/mol. The summed E-state index contributed by atoms with van der Waals surface area (Å²) in [6.45, 7) is 7.84. The molecule has 0 amide bonds. The van der Waals surface area contributed by atoms with Crippen LogP contribution >= 0.6 is 0 Å². The molecule has 4 nitrogen and oxygen atoms in total. The molecule has 0 bridgehead atoms. The van der Waals surface area contributed by atoms with Gasteiger partial charge in [-0.2, -0.15) is 5.10 Å². The number of aromatic nitrogens is 2. The molecule has 0 atom stereocenters. The monoisotopic (exact) mass is 273 g/mol. The van der Waals surface area contributed by atoms with Crippen molar-refractivity contribution in [3.63, 3.8) is 0 Å². The van der Waals surface area contributed by atoms with E-state index >= 15 is 0 Å². The van der Waals surface area contributed by atoms with Crippen LogP contribution in [0.5, 0.6) is 0 Å². The Balaban J connectivity index is 1.98. The molecule has 108 valence electrons. The smallest absolute Gasteiger partial charge is 0.0713 e. The summed E-state index contributed by atoms with van der Waals surface area (Å²) in [6, 6.07) is 8.27. The van der Waals surface area contributed by atoms with Gasteiger partial charge in [-0.15, -0.1) is 0 Å². The zero-order chi connectivity index (χ0) is 14.6. The second-order valence-electron chi connectivity index (χ2n) is 5.95. The van der Waals surface area contributed by atoms with Crippen molar-refractivity contribution in [2.75, 3.05) is 12.4 Å². The summed E-state index contributed by atoms with van der Waals surface area (Å²) < 4.78 is 7.14. The molecule has 1 N–H and O–H groups in total. The first-order valence-electron chi connectivity index (χ1n) is 6.85. The zero-order valence-electron chi connectivity index (χ0n) is 12.7. The van der Waals surface area contributed by atoms with Crippen molar-refractivity contribution in [2.45, 2.75) is 39.5 Å². The minimum Gasteiger partial charge on any atom is -0.381 e. The van der Waals surface area contributed by atoms with E-state index in [0.29, 0.717) is 6.61 Å². The van der Waals surface area contributed by atoms with E-state index in [0.717, 1.165) is 12.2 Å². The van der Waals surface area contributed by atoms with Crippen LogP contribution in [-0.4, -0.2) is 16.9 Å². The maximum absolute atomic E-state index is 5.15. The average Bonchev–Trinajstić information content (AvgIpc) is 2.86. The zero-order valence-corrected chi connectivity index (χ0v) is 12.7. The number of anilines is 1. The summed E-state index contributed by atoms with van der Waals surface area (Å²) in [5.41, 5.74) is 3.47. The van der Waals surface area contributed by atoms with E-state index in [9.17, 15) is 0 Å². The first-order chi connectivity index (χ1) is 9.49. The van der Waals surface area contributed by atoms with Crippen LogP contribution in [0.15, 0.2) is 36.7 Å². The highest BCUT2D eigenvalue weighted by Gasteiger charge is 2.13. The van der Waals surface area contributed by atoms with Gasteiger partial charge >= 0.3 is 0 Å². The van der Waals surface area contributed by atoms with E-state index < -0.39 is 0 Å². The standard InChI is InChI=1S/C16H23N3O/c1-16(2,3)19-11-14(10-18-19)9-17-15-7-5-6-13(8-15)12-20-4/h5-8,10-11,17H,9,12H2,1-4H3. The van der Waals surface area contributed by atoms with E-state index in [1.165, 1.54) is 11.1 Å². The SMILES string of the molecule is COCc1cccc(NCc2cnn(C(C)(C)C)c2)c1. The molecule has 1 aromatic heterocycles. The summed E-state index contributed by atoms with van der Waals surface area (Å²) in [4.78, 5) is 0. The van der Waals surface area contributed by atoms with Crippen LogP contribution in [0.2, 0.25) is 0 Å². The van der Waals surface area contributed by atoms with Crippen molar-refractivity contribution in [2.24, 2.45) is 0 Å². The highest BCUT2D eigenvalue weighted by molar-refractivity contribution is 5.45. The average molecular weight is 273 g/mol. The summed E-state index contributed by atoms with van der Waals surface area (Å²) in [5, 5.41) is 7.82. The molecule has 0 aliphatic carbocycles. The molecule has 0 spiro atoms. The van der Waals surface area contributed by atoms with Crippen LogP contribution < -0.4 is 5.32 Å².